The highest BCUT2D eigenvalue weighted by Gasteiger charge is 2.30. The lowest BCUT2D eigenvalue weighted by Crippen LogP contribution is -2.38. The summed E-state index contributed by atoms with van der Waals surface area (Å²) in [6.45, 7) is 8.77. The van der Waals surface area contributed by atoms with Crippen molar-refractivity contribution >= 4 is 23.9 Å². The number of carboxylic acids is 1. The molecular formula is C29H37NO8. The van der Waals surface area contributed by atoms with Crippen LogP contribution in [-0.4, -0.2) is 41.1 Å². The minimum absolute atomic E-state index is 0.0130. The molecule has 0 heterocycles. The summed E-state index contributed by atoms with van der Waals surface area (Å²) in [5.41, 5.74) is 6.84. The third kappa shape index (κ3) is 8.41. The van der Waals surface area contributed by atoms with Crippen LogP contribution in [0, 0.1) is 11.8 Å². The SMILES string of the molecule is CCC(C)C(=O)Oc1ccc(C(CC(C)OC(=O)c2ccccc2)[C@H](N)C(=O)O)cc1OC(=O)C(C)CC. The average Bonchev–Trinajstić information content (AvgIpc) is 2.91. The van der Waals surface area contributed by atoms with Gasteiger partial charge in [-0.1, -0.05) is 52.0 Å². The highest BCUT2D eigenvalue weighted by atomic mass is 16.6. The number of esters is 3. The Labute approximate surface area is 223 Å². The number of hydrogen-bond acceptors (Lipinski definition) is 8. The molecule has 2 aromatic rings. The third-order valence-electron chi connectivity index (χ3n) is 6.47. The Morgan fingerprint density at radius 1 is 0.842 bits per heavy atom. The van der Waals surface area contributed by atoms with Crippen LogP contribution in [0.1, 0.15) is 75.7 Å². The Morgan fingerprint density at radius 2 is 1.39 bits per heavy atom. The molecular weight excluding hydrogens is 490 g/mol. The van der Waals surface area contributed by atoms with Crippen LogP contribution in [0.3, 0.4) is 0 Å². The van der Waals surface area contributed by atoms with Gasteiger partial charge in [0.25, 0.3) is 0 Å². The molecule has 2 aromatic carbocycles. The quantitative estimate of drug-likeness (QED) is 0.279. The smallest absolute Gasteiger partial charge is 0.338 e. The van der Waals surface area contributed by atoms with Gasteiger partial charge in [0.1, 0.15) is 12.1 Å². The number of carbonyl (C=O) groups excluding carboxylic acids is 3. The zero-order chi connectivity index (χ0) is 28.4. The Kier molecular flexibility index (Phi) is 11.5. The Hall–Kier alpha value is -3.72. The molecule has 4 unspecified atom stereocenters. The van der Waals surface area contributed by atoms with E-state index in [4.69, 9.17) is 19.9 Å². The van der Waals surface area contributed by atoms with Crippen LogP contribution in [0.4, 0.5) is 0 Å². The zero-order valence-electron chi connectivity index (χ0n) is 22.5. The number of hydrogen-bond donors (Lipinski definition) is 2. The number of carbonyl (C=O) groups is 4. The molecule has 0 aromatic heterocycles. The molecule has 0 aliphatic rings. The van der Waals surface area contributed by atoms with Gasteiger partial charge in [-0.15, -0.1) is 0 Å². The van der Waals surface area contributed by atoms with E-state index in [0.717, 1.165) is 0 Å². The van der Waals surface area contributed by atoms with Gasteiger partial charge < -0.3 is 25.1 Å². The van der Waals surface area contributed by atoms with Crippen molar-refractivity contribution in [3.05, 3.63) is 59.7 Å². The maximum atomic E-state index is 12.6. The Balaban J connectivity index is 2.40. The fourth-order valence-corrected chi connectivity index (χ4v) is 3.56. The lowest BCUT2D eigenvalue weighted by molar-refractivity contribution is -0.141. The summed E-state index contributed by atoms with van der Waals surface area (Å²) >= 11 is 0. The fraction of sp³-hybridized carbons (Fsp3) is 0.448. The molecule has 0 spiro atoms. The van der Waals surface area contributed by atoms with Crippen molar-refractivity contribution in [2.45, 2.75) is 71.9 Å². The molecule has 9 nitrogen and oxygen atoms in total. The van der Waals surface area contributed by atoms with Gasteiger partial charge in [0.15, 0.2) is 11.5 Å². The van der Waals surface area contributed by atoms with Crippen LogP contribution in [-0.2, 0) is 19.1 Å². The second-order valence-electron chi connectivity index (χ2n) is 9.46. The van der Waals surface area contributed by atoms with Crippen LogP contribution in [0.25, 0.3) is 0 Å². The maximum absolute atomic E-state index is 12.6. The summed E-state index contributed by atoms with van der Waals surface area (Å²) in [5, 5.41) is 9.68. The first-order chi connectivity index (χ1) is 18.0. The monoisotopic (exact) mass is 527 g/mol. The minimum atomic E-state index is -1.35. The van der Waals surface area contributed by atoms with E-state index >= 15 is 0 Å². The number of ether oxygens (including phenoxy) is 3. The summed E-state index contributed by atoms with van der Waals surface area (Å²) in [6.07, 6.45) is 0.495. The number of nitrogens with two attached hydrogens (primary N) is 1. The van der Waals surface area contributed by atoms with Crippen LogP contribution in [0.5, 0.6) is 11.5 Å². The first-order valence-electron chi connectivity index (χ1n) is 12.8. The van der Waals surface area contributed by atoms with Gasteiger partial charge in [0, 0.05) is 5.92 Å². The van der Waals surface area contributed by atoms with Gasteiger partial charge in [-0.25, -0.2) is 4.79 Å². The van der Waals surface area contributed by atoms with Crippen molar-refractivity contribution in [3.8, 4) is 11.5 Å². The summed E-state index contributed by atoms with van der Waals surface area (Å²) in [5.74, 6) is -4.36. The van der Waals surface area contributed by atoms with E-state index < -0.39 is 47.9 Å². The maximum Gasteiger partial charge on any atom is 0.338 e. The molecule has 0 bridgehead atoms. The molecule has 0 saturated carbocycles. The Bertz CT molecular complexity index is 1120. The molecule has 206 valence electrons. The summed E-state index contributed by atoms with van der Waals surface area (Å²) in [6, 6.07) is 11.6. The van der Waals surface area contributed by atoms with Crippen LogP contribution >= 0.6 is 0 Å². The van der Waals surface area contributed by atoms with Crippen LogP contribution in [0.2, 0.25) is 0 Å². The largest absolute Gasteiger partial charge is 0.480 e. The lowest BCUT2D eigenvalue weighted by Gasteiger charge is -2.25. The van der Waals surface area contributed by atoms with Gasteiger partial charge >= 0.3 is 23.9 Å². The molecule has 0 amide bonds. The molecule has 2 rings (SSSR count). The average molecular weight is 528 g/mol. The molecule has 0 radical (unpaired) electrons. The predicted octanol–water partition coefficient (Wildman–Crippen LogP) is 4.72. The van der Waals surface area contributed by atoms with E-state index in [0.29, 0.717) is 24.0 Å². The van der Waals surface area contributed by atoms with Gasteiger partial charge in [0.05, 0.1) is 17.4 Å². The first-order valence-corrected chi connectivity index (χ1v) is 12.8. The van der Waals surface area contributed by atoms with E-state index in [1.165, 1.54) is 12.1 Å². The van der Waals surface area contributed by atoms with Crippen molar-refractivity contribution in [2.24, 2.45) is 17.6 Å². The number of carboxylic acid groups (broad SMARTS) is 1. The van der Waals surface area contributed by atoms with Crippen molar-refractivity contribution < 1.29 is 38.5 Å². The number of rotatable bonds is 13. The number of benzene rings is 2. The molecule has 0 fully saturated rings. The van der Waals surface area contributed by atoms with Crippen molar-refractivity contribution in [1.82, 2.24) is 0 Å². The Morgan fingerprint density at radius 3 is 1.92 bits per heavy atom. The second-order valence-corrected chi connectivity index (χ2v) is 9.46. The summed E-state index contributed by atoms with van der Waals surface area (Å²) in [7, 11) is 0. The van der Waals surface area contributed by atoms with Gasteiger partial charge in [0.2, 0.25) is 0 Å². The first kappa shape index (κ1) is 30.5. The summed E-state index contributed by atoms with van der Waals surface area (Å²) in [4.78, 5) is 49.4. The fourth-order valence-electron chi connectivity index (χ4n) is 3.56. The van der Waals surface area contributed by atoms with Crippen LogP contribution in [0.15, 0.2) is 48.5 Å². The number of aliphatic carboxylic acids is 1. The molecule has 0 saturated heterocycles. The zero-order valence-corrected chi connectivity index (χ0v) is 22.5. The van der Waals surface area contributed by atoms with Crippen LogP contribution < -0.4 is 15.2 Å². The molecule has 5 atom stereocenters. The lowest BCUT2D eigenvalue weighted by atomic mass is 9.87. The van der Waals surface area contributed by atoms with Gasteiger partial charge in [-0.2, -0.15) is 0 Å². The van der Waals surface area contributed by atoms with E-state index in [-0.39, 0.29) is 23.8 Å². The highest BCUT2D eigenvalue weighted by Crippen LogP contribution is 2.35. The van der Waals surface area contributed by atoms with E-state index in [1.54, 1.807) is 57.2 Å². The highest BCUT2D eigenvalue weighted by molar-refractivity contribution is 5.89. The topological polar surface area (TPSA) is 142 Å². The molecule has 3 N–H and O–H groups in total. The standard InChI is InChI=1S/C29H37NO8/c1-6-17(3)27(33)37-23-14-13-21(16-24(23)38-28(34)18(4)7-2)22(25(30)26(31)32)15-19(5)36-29(35)20-11-9-8-10-12-20/h8-14,16-19,22,25H,6-7,15,30H2,1-5H3,(H,31,32)/t17?,18?,19?,22?,25-/m0/s1. The molecule has 0 aliphatic heterocycles. The molecule has 9 heteroatoms. The second kappa shape index (κ2) is 14.3. The predicted molar refractivity (Wildman–Crippen MR) is 141 cm³/mol. The van der Waals surface area contributed by atoms with E-state index in [1.807, 2.05) is 13.8 Å². The molecule has 0 aliphatic carbocycles. The molecule has 38 heavy (non-hydrogen) atoms. The van der Waals surface area contributed by atoms with Crippen molar-refractivity contribution in [1.29, 1.82) is 0 Å². The third-order valence-corrected chi connectivity index (χ3v) is 6.47. The van der Waals surface area contributed by atoms with Crippen molar-refractivity contribution in [3.63, 3.8) is 0 Å². The van der Waals surface area contributed by atoms with Gasteiger partial charge in [-0.05, 0) is 56.0 Å². The van der Waals surface area contributed by atoms with Crippen molar-refractivity contribution in [2.75, 3.05) is 0 Å². The normalized spacial score (nSPS) is 14.9. The minimum Gasteiger partial charge on any atom is -0.480 e. The van der Waals surface area contributed by atoms with Gasteiger partial charge in [-0.3, -0.25) is 14.4 Å². The van der Waals surface area contributed by atoms with E-state index in [9.17, 15) is 24.3 Å². The summed E-state index contributed by atoms with van der Waals surface area (Å²) < 4.78 is 16.6. The van der Waals surface area contributed by atoms with E-state index in [2.05, 4.69) is 0 Å².